The predicted molar refractivity (Wildman–Crippen MR) is 157 cm³/mol. The normalized spacial score (nSPS) is 11.6. The van der Waals surface area contributed by atoms with Gasteiger partial charge in [0.2, 0.25) is 0 Å². The Morgan fingerprint density at radius 2 is 1.70 bits per heavy atom. The van der Waals surface area contributed by atoms with Crippen LogP contribution in [-0.2, 0) is 6.18 Å². The van der Waals surface area contributed by atoms with Crippen LogP contribution in [0.2, 0.25) is 0 Å². The number of alkyl halides is 3. The summed E-state index contributed by atoms with van der Waals surface area (Å²) in [6, 6.07) is 25.0. The highest BCUT2D eigenvalue weighted by Gasteiger charge is 2.36. The third kappa shape index (κ3) is 5.64. The standard InChI is InChI=1S/C31H20F3N5O3S/c1-18-9-11-22(12-10-18)43-23-14-20(13-21(15-23)39(41)42)36-30(40)26-17-35-38-28(31(32,33)34)16-27(37-29(26)38)25-8-4-6-19-5-2-3-7-24(19)25/h2-17H,1H3,(H,36,40). The molecule has 0 saturated heterocycles. The Bertz CT molecular complexity index is 2040. The highest BCUT2D eigenvalue weighted by Crippen LogP contribution is 2.36. The molecule has 4 aromatic carbocycles. The number of benzene rings is 4. The molecule has 0 radical (unpaired) electrons. The van der Waals surface area contributed by atoms with Crippen molar-refractivity contribution in [2.45, 2.75) is 22.9 Å². The summed E-state index contributed by atoms with van der Waals surface area (Å²) in [5.74, 6) is -0.822. The van der Waals surface area contributed by atoms with Crippen LogP contribution in [0.5, 0.6) is 0 Å². The SMILES string of the molecule is Cc1ccc(Sc2cc(NC(=O)c3cnn4c(C(F)(F)F)cc(-c5cccc6ccccc56)nc34)cc([N+](=O)[O-])c2)cc1. The Morgan fingerprint density at radius 1 is 0.953 bits per heavy atom. The van der Waals surface area contributed by atoms with E-state index in [1.54, 1.807) is 30.3 Å². The van der Waals surface area contributed by atoms with E-state index in [1.807, 2.05) is 49.4 Å². The van der Waals surface area contributed by atoms with Crippen LogP contribution in [0.4, 0.5) is 24.5 Å². The lowest BCUT2D eigenvalue weighted by molar-refractivity contribution is -0.385. The van der Waals surface area contributed by atoms with Crippen molar-refractivity contribution in [3.63, 3.8) is 0 Å². The van der Waals surface area contributed by atoms with E-state index in [-0.39, 0.29) is 28.3 Å². The van der Waals surface area contributed by atoms with Gasteiger partial charge in [0, 0.05) is 33.2 Å². The number of aromatic nitrogens is 3. The van der Waals surface area contributed by atoms with Crippen molar-refractivity contribution >= 4 is 45.5 Å². The molecule has 0 bridgehead atoms. The minimum atomic E-state index is -4.80. The summed E-state index contributed by atoms with van der Waals surface area (Å²) in [6.45, 7) is 1.94. The summed E-state index contributed by atoms with van der Waals surface area (Å²) >= 11 is 1.26. The van der Waals surface area contributed by atoms with Crippen molar-refractivity contribution in [1.29, 1.82) is 0 Å². The number of rotatable bonds is 6. The van der Waals surface area contributed by atoms with E-state index in [1.165, 1.54) is 23.9 Å². The van der Waals surface area contributed by atoms with Gasteiger partial charge in [0.1, 0.15) is 5.56 Å². The van der Waals surface area contributed by atoms with Gasteiger partial charge in [-0.3, -0.25) is 14.9 Å². The Labute approximate surface area is 246 Å². The number of nitro groups is 1. The zero-order chi connectivity index (χ0) is 30.3. The summed E-state index contributed by atoms with van der Waals surface area (Å²) < 4.78 is 43.2. The maximum atomic E-state index is 14.2. The topological polar surface area (TPSA) is 102 Å². The van der Waals surface area contributed by atoms with Crippen LogP contribution in [0.15, 0.2) is 107 Å². The van der Waals surface area contributed by atoms with E-state index in [2.05, 4.69) is 15.4 Å². The van der Waals surface area contributed by atoms with Crippen molar-refractivity contribution in [2.24, 2.45) is 0 Å². The van der Waals surface area contributed by atoms with Gasteiger partial charge in [-0.05, 0) is 42.0 Å². The molecule has 6 rings (SSSR count). The molecule has 8 nitrogen and oxygen atoms in total. The van der Waals surface area contributed by atoms with Gasteiger partial charge in [0.25, 0.3) is 11.6 Å². The second-order valence-corrected chi connectivity index (χ2v) is 10.8. The van der Waals surface area contributed by atoms with Crippen molar-refractivity contribution in [3.05, 3.63) is 124 Å². The fourth-order valence-electron chi connectivity index (χ4n) is 4.67. The first-order chi connectivity index (χ1) is 20.6. The van der Waals surface area contributed by atoms with E-state index in [0.717, 1.165) is 28.1 Å². The lowest BCUT2D eigenvalue weighted by Crippen LogP contribution is -2.16. The van der Waals surface area contributed by atoms with Crippen LogP contribution < -0.4 is 5.32 Å². The molecule has 0 atom stereocenters. The van der Waals surface area contributed by atoms with Crippen molar-refractivity contribution in [1.82, 2.24) is 14.6 Å². The second-order valence-electron chi connectivity index (χ2n) is 9.69. The van der Waals surface area contributed by atoms with E-state index < -0.39 is 22.7 Å². The first-order valence-electron chi connectivity index (χ1n) is 12.9. The van der Waals surface area contributed by atoms with Crippen LogP contribution in [0.1, 0.15) is 21.6 Å². The molecule has 0 unspecified atom stereocenters. The van der Waals surface area contributed by atoms with E-state index >= 15 is 0 Å². The maximum Gasteiger partial charge on any atom is 0.433 e. The molecule has 12 heteroatoms. The average molecular weight is 600 g/mol. The maximum absolute atomic E-state index is 14.2. The lowest BCUT2D eigenvalue weighted by atomic mass is 10.0. The number of aryl methyl sites for hydroxylation is 1. The Balaban J connectivity index is 1.42. The number of nitro benzene ring substituents is 1. The Kier molecular flexibility index (Phi) is 7.06. The van der Waals surface area contributed by atoms with Gasteiger partial charge in [-0.1, -0.05) is 71.9 Å². The number of nitrogens with zero attached hydrogens (tertiary/aromatic N) is 4. The van der Waals surface area contributed by atoms with E-state index in [9.17, 15) is 28.1 Å². The number of anilines is 1. The number of carbonyl (C=O) groups is 1. The molecule has 0 spiro atoms. The fraction of sp³-hybridized carbons (Fsp3) is 0.0645. The number of amides is 1. The van der Waals surface area contributed by atoms with Crippen molar-refractivity contribution < 1.29 is 22.9 Å². The van der Waals surface area contributed by atoms with Crippen LogP contribution >= 0.6 is 11.8 Å². The van der Waals surface area contributed by atoms with Gasteiger partial charge >= 0.3 is 6.18 Å². The number of fused-ring (bicyclic) bond motifs is 2. The summed E-state index contributed by atoms with van der Waals surface area (Å²) in [6.07, 6.45) is -3.80. The van der Waals surface area contributed by atoms with Crippen LogP contribution in [0.3, 0.4) is 0 Å². The fourth-order valence-corrected chi connectivity index (χ4v) is 5.58. The molecular weight excluding hydrogens is 579 g/mol. The highest BCUT2D eigenvalue weighted by molar-refractivity contribution is 7.99. The number of carbonyl (C=O) groups excluding carboxylic acids is 1. The van der Waals surface area contributed by atoms with Gasteiger partial charge < -0.3 is 5.32 Å². The number of hydrogen-bond donors (Lipinski definition) is 1. The van der Waals surface area contributed by atoms with Gasteiger partial charge in [0.15, 0.2) is 11.3 Å². The summed E-state index contributed by atoms with van der Waals surface area (Å²) in [7, 11) is 0. The van der Waals surface area contributed by atoms with E-state index in [0.29, 0.717) is 20.4 Å². The van der Waals surface area contributed by atoms with Crippen molar-refractivity contribution in [3.8, 4) is 11.3 Å². The first-order valence-corrected chi connectivity index (χ1v) is 13.7. The molecule has 2 aromatic heterocycles. The molecular formula is C31H20F3N5O3S. The second kappa shape index (κ2) is 10.9. The number of nitrogens with one attached hydrogen (secondary N) is 1. The molecule has 6 aromatic rings. The zero-order valence-corrected chi connectivity index (χ0v) is 23.1. The van der Waals surface area contributed by atoms with Gasteiger partial charge in [-0.15, -0.1) is 0 Å². The Hall–Kier alpha value is -5.23. The minimum Gasteiger partial charge on any atom is -0.322 e. The number of non-ortho nitro benzene ring substituents is 1. The monoisotopic (exact) mass is 599 g/mol. The largest absolute Gasteiger partial charge is 0.433 e. The smallest absolute Gasteiger partial charge is 0.322 e. The molecule has 0 aliphatic rings. The third-order valence-corrected chi connectivity index (χ3v) is 7.67. The molecule has 43 heavy (non-hydrogen) atoms. The van der Waals surface area contributed by atoms with Gasteiger partial charge in [0.05, 0.1) is 16.8 Å². The zero-order valence-electron chi connectivity index (χ0n) is 22.3. The minimum absolute atomic E-state index is 0.0123. The highest BCUT2D eigenvalue weighted by atomic mass is 32.2. The predicted octanol–water partition coefficient (Wildman–Crippen LogP) is 8.19. The van der Waals surface area contributed by atoms with Crippen LogP contribution in [0.25, 0.3) is 27.7 Å². The summed E-state index contributed by atoms with van der Waals surface area (Å²) in [5.41, 5.74) is -0.296. The number of halogens is 3. The van der Waals surface area contributed by atoms with Gasteiger partial charge in [-0.25, -0.2) is 9.50 Å². The summed E-state index contributed by atoms with van der Waals surface area (Å²) in [5, 5.41) is 19.6. The first kappa shape index (κ1) is 27.9. The Morgan fingerprint density at radius 3 is 2.44 bits per heavy atom. The molecule has 0 aliphatic carbocycles. The molecule has 1 N–H and O–H groups in total. The third-order valence-electron chi connectivity index (χ3n) is 6.69. The molecule has 214 valence electrons. The lowest BCUT2D eigenvalue weighted by Gasteiger charge is -2.13. The van der Waals surface area contributed by atoms with Crippen LogP contribution in [-0.4, -0.2) is 25.4 Å². The quantitative estimate of drug-likeness (QED) is 0.153. The van der Waals surface area contributed by atoms with Gasteiger partial charge in [-0.2, -0.15) is 18.3 Å². The molecule has 1 amide bonds. The van der Waals surface area contributed by atoms with Crippen LogP contribution in [0, 0.1) is 17.0 Å². The van der Waals surface area contributed by atoms with Crippen molar-refractivity contribution in [2.75, 3.05) is 5.32 Å². The molecule has 0 aliphatic heterocycles. The number of hydrogen-bond acceptors (Lipinski definition) is 6. The molecule has 0 saturated carbocycles. The molecule has 2 heterocycles. The average Bonchev–Trinajstić information content (AvgIpc) is 3.41. The summed E-state index contributed by atoms with van der Waals surface area (Å²) in [4.78, 5) is 30.3. The van der Waals surface area contributed by atoms with E-state index in [4.69, 9.17) is 0 Å². The molecule has 0 fully saturated rings.